The van der Waals surface area contributed by atoms with E-state index in [0.29, 0.717) is 0 Å². The maximum Gasteiger partial charge on any atom is 0.0994 e. The first-order valence-electron chi connectivity index (χ1n) is 7.56. The molecule has 4 atom stereocenters. The molecule has 0 saturated carbocycles. The molecule has 1 aliphatic rings. The first-order chi connectivity index (χ1) is 9.60. The smallest absolute Gasteiger partial charge is 0.0994 e. The molecule has 1 aliphatic heterocycles. The van der Waals surface area contributed by atoms with Crippen LogP contribution in [0, 0.1) is 0 Å². The lowest BCUT2D eigenvalue weighted by molar-refractivity contribution is -0.127. The highest BCUT2D eigenvalue weighted by Crippen LogP contribution is 2.29. The summed E-state index contributed by atoms with van der Waals surface area (Å²) in [6, 6.07) is 3.97. The highest BCUT2D eigenvalue weighted by molar-refractivity contribution is 5.14. The van der Waals surface area contributed by atoms with Crippen molar-refractivity contribution in [1.29, 1.82) is 0 Å². The highest BCUT2D eigenvalue weighted by Gasteiger charge is 2.29. The van der Waals surface area contributed by atoms with Gasteiger partial charge >= 0.3 is 0 Å². The van der Waals surface area contributed by atoms with Gasteiger partial charge in [-0.3, -0.25) is 4.98 Å². The standard InChI is InChI=1S/C16H26N2O2/c1-4-15(17)16(13-6-5-7-18-10-13)20-14-8-11(2)19-12(3)9-14/h5-7,10-12,14-16H,4,8-9,17H2,1-3H3. The Morgan fingerprint density at radius 3 is 2.65 bits per heavy atom. The minimum atomic E-state index is -0.0869. The molecule has 1 aromatic heterocycles. The van der Waals surface area contributed by atoms with E-state index >= 15 is 0 Å². The molecule has 1 fully saturated rings. The van der Waals surface area contributed by atoms with Crippen molar-refractivity contribution in [3.8, 4) is 0 Å². The summed E-state index contributed by atoms with van der Waals surface area (Å²) in [7, 11) is 0. The van der Waals surface area contributed by atoms with E-state index in [4.69, 9.17) is 15.2 Å². The monoisotopic (exact) mass is 278 g/mol. The van der Waals surface area contributed by atoms with Crippen LogP contribution in [0.5, 0.6) is 0 Å². The zero-order chi connectivity index (χ0) is 14.5. The zero-order valence-electron chi connectivity index (χ0n) is 12.7. The third-order valence-electron chi connectivity index (χ3n) is 3.87. The number of rotatable bonds is 5. The Kier molecular flexibility index (Phi) is 5.52. The van der Waals surface area contributed by atoms with Gasteiger partial charge in [-0.1, -0.05) is 13.0 Å². The minimum absolute atomic E-state index is 0.00680. The quantitative estimate of drug-likeness (QED) is 0.899. The molecule has 0 aromatic carbocycles. The summed E-state index contributed by atoms with van der Waals surface area (Å²) < 4.78 is 12.1. The lowest BCUT2D eigenvalue weighted by Gasteiger charge is -2.35. The Labute approximate surface area is 121 Å². The minimum Gasteiger partial charge on any atom is -0.375 e. The van der Waals surface area contributed by atoms with Crippen LogP contribution in [0.1, 0.15) is 51.7 Å². The molecular formula is C16H26N2O2. The SMILES string of the molecule is CCC(N)C(OC1CC(C)OC(C)C1)c1cccnc1. The Balaban J connectivity index is 2.08. The van der Waals surface area contributed by atoms with Crippen LogP contribution < -0.4 is 5.73 Å². The fourth-order valence-electron chi connectivity index (χ4n) is 2.85. The van der Waals surface area contributed by atoms with E-state index in [1.54, 1.807) is 6.20 Å². The first kappa shape index (κ1) is 15.4. The fourth-order valence-corrected chi connectivity index (χ4v) is 2.85. The summed E-state index contributed by atoms with van der Waals surface area (Å²) in [5, 5.41) is 0. The van der Waals surface area contributed by atoms with E-state index in [-0.39, 0.29) is 30.5 Å². The number of hydrogen-bond acceptors (Lipinski definition) is 4. The molecular weight excluding hydrogens is 252 g/mol. The summed E-state index contributed by atoms with van der Waals surface area (Å²) >= 11 is 0. The van der Waals surface area contributed by atoms with Crippen molar-refractivity contribution in [3.05, 3.63) is 30.1 Å². The molecule has 0 radical (unpaired) electrons. The predicted molar refractivity (Wildman–Crippen MR) is 79.4 cm³/mol. The van der Waals surface area contributed by atoms with Gasteiger partial charge in [-0.25, -0.2) is 0 Å². The molecule has 2 N–H and O–H groups in total. The van der Waals surface area contributed by atoms with Crippen LogP contribution in [0.25, 0.3) is 0 Å². The maximum absolute atomic E-state index is 6.33. The van der Waals surface area contributed by atoms with Crippen LogP contribution in [0.4, 0.5) is 0 Å². The van der Waals surface area contributed by atoms with Crippen molar-refractivity contribution in [2.24, 2.45) is 5.73 Å². The second-order valence-corrected chi connectivity index (χ2v) is 5.77. The topological polar surface area (TPSA) is 57.4 Å². The highest BCUT2D eigenvalue weighted by atomic mass is 16.5. The van der Waals surface area contributed by atoms with Crippen LogP contribution in [-0.4, -0.2) is 29.3 Å². The third kappa shape index (κ3) is 4.01. The van der Waals surface area contributed by atoms with Gasteiger partial charge in [0.15, 0.2) is 0 Å². The van der Waals surface area contributed by atoms with E-state index in [1.807, 2.05) is 18.3 Å². The summed E-state index contributed by atoms with van der Waals surface area (Å²) in [5.41, 5.74) is 7.32. The molecule has 1 saturated heterocycles. The fraction of sp³-hybridized carbons (Fsp3) is 0.688. The van der Waals surface area contributed by atoms with Crippen molar-refractivity contribution >= 4 is 0 Å². The summed E-state index contributed by atoms with van der Waals surface area (Å²) in [6.07, 6.45) is 6.98. The Hall–Kier alpha value is -0.970. The van der Waals surface area contributed by atoms with Crippen molar-refractivity contribution in [3.63, 3.8) is 0 Å². The van der Waals surface area contributed by atoms with Crippen molar-refractivity contribution in [2.75, 3.05) is 0 Å². The van der Waals surface area contributed by atoms with Gasteiger partial charge in [0.25, 0.3) is 0 Å². The lowest BCUT2D eigenvalue weighted by atomic mass is 9.99. The second-order valence-electron chi connectivity index (χ2n) is 5.77. The van der Waals surface area contributed by atoms with Gasteiger partial charge in [0.1, 0.15) is 0 Å². The molecule has 2 rings (SSSR count). The molecule has 2 heterocycles. The number of ether oxygens (including phenoxy) is 2. The lowest BCUT2D eigenvalue weighted by Crippen LogP contribution is -2.38. The predicted octanol–water partition coefficient (Wildman–Crippen LogP) is 2.83. The van der Waals surface area contributed by atoms with E-state index in [9.17, 15) is 0 Å². The van der Waals surface area contributed by atoms with Crippen LogP contribution in [-0.2, 0) is 9.47 Å². The van der Waals surface area contributed by atoms with Gasteiger partial charge in [0, 0.05) is 24.0 Å². The number of aromatic nitrogens is 1. The van der Waals surface area contributed by atoms with Crippen molar-refractivity contribution < 1.29 is 9.47 Å². The third-order valence-corrected chi connectivity index (χ3v) is 3.87. The molecule has 0 spiro atoms. The van der Waals surface area contributed by atoms with Gasteiger partial charge in [-0.2, -0.15) is 0 Å². The van der Waals surface area contributed by atoms with E-state index in [1.165, 1.54) is 0 Å². The maximum atomic E-state index is 6.33. The molecule has 20 heavy (non-hydrogen) atoms. The van der Waals surface area contributed by atoms with Crippen LogP contribution >= 0.6 is 0 Å². The molecule has 4 unspecified atom stereocenters. The molecule has 0 bridgehead atoms. The van der Waals surface area contributed by atoms with Crippen molar-refractivity contribution in [1.82, 2.24) is 4.98 Å². The average Bonchev–Trinajstić information content (AvgIpc) is 2.44. The molecule has 112 valence electrons. The summed E-state index contributed by atoms with van der Waals surface area (Å²) in [4.78, 5) is 4.19. The number of hydrogen-bond donors (Lipinski definition) is 1. The Morgan fingerprint density at radius 2 is 2.10 bits per heavy atom. The van der Waals surface area contributed by atoms with Crippen molar-refractivity contribution in [2.45, 2.75) is 70.5 Å². The summed E-state index contributed by atoms with van der Waals surface area (Å²) in [5.74, 6) is 0. The molecule has 1 aromatic rings. The van der Waals surface area contributed by atoms with Gasteiger partial charge in [0.05, 0.1) is 24.4 Å². The van der Waals surface area contributed by atoms with E-state index in [2.05, 4.69) is 25.8 Å². The second kappa shape index (κ2) is 7.16. The molecule has 4 heteroatoms. The van der Waals surface area contributed by atoms with Crippen LogP contribution in [0.3, 0.4) is 0 Å². The summed E-state index contributed by atoms with van der Waals surface area (Å²) in [6.45, 7) is 6.29. The zero-order valence-corrected chi connectivity index (χ0v) is 12.7. The molecule has 4 nitrogen and oxygen atoms in total. The van der Waals surface area contributed by atoms with Gasteiger partial charge < -0.3 is 15.2 Å². The Bertz CT molecular complexity index is 389. The van der Waals surface area contributed by atoms with Gasteiger partial charge in [0.2, 0.25) is 0 Å². The molecule has 0 amide bonds. The van der Waals surface area contributed by atoms with E-state index in [0.717, 1.165) is 24.8 Å². The Morgan fingerprint density at radius 1 is 1.40 bits per heavy atom. The number of pyridine rings is 1. The molecule has 0 aliphatic carbocycles. The number of nitrogens with zero attached hydrogens (tertiary/aromatic N) is 1. The first-order valence-corrected chi connectivity index (χ1v) is 7.56. The van der Waals surface area contributed by atoms with Crippen LogP contribution in [0.15, 0.2) is 24.5 Å². The van der Waals surface area contributed by atoms with Crippen LogP contribution in [0.2, 0.25) is 0 Å². The average molecular weight is 278 g/mol. The number of nitrogens with two attached hydrogens (primary N) is 1. The van der Waals surface area contributed by atoms with E-state index < -0.39 is 0 Å². The largest absolute Gasteiger partial charge is 0.375 e. The van der Waals surface area contributed by atoms with Gasteiger partial charge in [-0.05, 0) is 39.2 Å². The normalized spacial score (nSPS) is 29.9. The van der Waals surface area contributed by atoms with Gasteiger partial charge in [-0.15, -0.1) is 0 Å².